The van der Waals surface area contributed by atoms with Gasteiger partial charge in [-0.3, -0.25) is 0 Å². The van der Waals surface area contributed by atoms with Crippen molar-refractivity contribution in [3.05, 3.63) is 10.5 Å². The highest BCUT2D eigenvalue weighted by Crippen LogP contribution is 2.38. The summed E-state index contributed by atoms with van der Waals surface area (Å²) in [5.74, 6) is 1.89. The van der Waals surface area contributed by atoms with Crippen molar-refractivity contribution in [2.24, 2.45) is 11.8 Å². The van der Waals surface area contributed by atoms with Crippen molar-refractivity contribution in [1.82, 2.24) is 4.98 Å². The minimum Gasteiger partial charge on any atom is -0.348 e. The quantitative estimate of drug-likeness (QED) is 0.760. The zero-order valence-electron chi connectivity index (χ0n) is 9.36. The van der Waals surface area contributed by atoms with Gasteiger partial charge < -0.3 is 4.90 Å². The fourth-order valence-electron chi connectivity index (χ4n) is 3.17. The van der Waals surface area contributed by atoms with E-state index >= 15 is 0 Å². The molecule has 2 aliphatic rings. The van der Waals surface area contributed by atoms with E-state index in [0.29, 0.717) is 5.15 Å². The molecule has 1 aromatic rings. The van der Waals surface area contributed by atoms with Crippen LogP contribution in [0, 0.1) is 11.8 Å². The largest absolute Gasteiger partial charge is 0.348 e. The van der Waals surface area contributed by atoms with E-state index in [0.717, 1.165) is 17.0 Å². The molecule has 2 fully saturated rings. The fraction of sp³-hybridized carbons (Fsp3) is 0.750. The molecule has 0 amide bonds. The molecule has 3 rings (SSSR count). The minimum atomic E-state index is 0.644. The summed E-state index contributed by atoms with van der Waals surface area (Å²) in [5, 5.41) is 3.70. The Morgan fingerprint density at radius 2 is 2.06 bits per heavy atom. The maximum atomic E-state index is 5.89. The van der Waals surface area contributed by atoms with Gasteiger partial charge >= 0.3 is 0 Å². The zero-order chi connectivity index (χ0) is 11.0. The molecule has 0 bridgehead atoms. The van der Waals surface area contributed by atoms with Crippen molar-refractivity contribution in [3.8, 4) is 0 Å². The van der Waals surface area contributed by atoms with E-state index in [2.05, 4.69) is 9.88 Å². The normalized spacial score (nSPS) is 30.2. The van der Waals surface area contributed by atoms with Crippen LogP contribution in [0.2, 0.25) is 5.15 Å². The highest BCUT2D eigenvalue weighted by Gasteiger charge is 2.31. The number of rotatable bonds is 1. The summed E-state index contributed by atoms with van der Waals surface area (Å²) >= 11 is 7.57. The predicted molar refractivity (Wildman–Crippen MR) is 69.4 cm³/mol. The second kappa shape index (κ2) is 4.53. The molecule has 16 heavy (non-hydrogen) atoms. The standard InChI is InChI=1S/C12H17ClN2S/c13-11-8-16-12(14-11)15-6-5-9-3-1-2-4-10(9)7-15/h8-10H,1-7H2. The number of halogens is 1. The number of hydrogen-bond donors (Lipinski definition) is 0. The maximum Gasteiger partial charge on any atom is 0.186 e. The number of aromatic nitrogens is 1. The molecule has 1 saturated heterocycles. The smallest absolute Gasteiger partial charge is 0.186 e. The third-order valence-electron chi connectivity index (χ3n) is 4.03. The number of piperidine rings is 1. The minimum absolute atomic E-state index is 0.644. The summed E-state index contributed by atoms with van der Waals surface area (Å²) in [6.45, 7) is 2.37. The van der Waals surface area contributed by atoms with Gasteiger partial charge in [0.1, 0.15) is 5.15 Å². The van der Waals surface area contributed by atoms with Gasteiger partial charge in [-0.2, -0.15) is 0 Å². The van der Waals surface area contributed by atoms with Crippen LogP contribution in [0.5, 0.6) is 0 Å². The molecule has 88 valence electrons. The molecule has 1 saturated carbocycles. The van der Waals surface area contributed by atoms with Crippen molar-refractivity contribution >= 4 is 28.1 Å². The molecule has 4 heteroatoms. The van der Waals surface area contributed by atoms with Crippen molar-refractivity contribution in [2.45, 2.75) is 32.1 Å². The average molecular weight is 257 g/mol. The first-order valence-corrected chi connectivity index (χ1v) is 7.44. The molecule has 0 spiro atoms. The van der Waals surface area contributed by atoms with Gasteiger partial charge in [-0.25, -0.2) is 4.98 Å². The van der Waals surface area contributed by atoms with E-state index in [4.69, 9.17) is 11.6 Å². The van der Waals surface area contributed by atoms with Crippen molar-refractivity contribution in [2.75, 3.05) is 18.0 Å². The van der Waals surface area contributed by atoms with Gasteiger partial charge in [0.15, 0.2) is 5.13 Å². The fourth-order valence-corrected chi connectivity index (χ4v) is 4.15. The van der Waals surface area contributed by atoms with E-state index < -0.39 is 0 Å². The summed E-state index contributed by atoms with van der Waals surface area (Å²) in [4.78, 5) is 6.82. The van der Waals surface area contributed by atoms with Crippen LogP contribution in [-0.4, -0.2) is 18.1 Å². The van der Waals surface area contributed by atoms with Crippen LogP contribution in [0.4, 0.5) is 5.13 Å². The lowest BCUT2D eigenvalue weighted by atomic mass is 9.75. The van der Waals surface area contributed by atoms with Crippen LogP contribution in [0.25, 0.3) is 0 Å². The molecule has 1 aliphatic heterocycles. The Morgan fingerprint density at radius 1 is 1.25 bits per heavy atom. The van der Waals surface area contributed by atoms with Crippen LogP contribution < -0.4 is 4.90 Å². The summed E-state index contributed by atoms with van der Waals surface area (Å²) in [5.41, 5.74) is 0. The summed E-state index contributed by atoms with van der Waals surface area (Å²) in [6, 6.07) is 0. The maximum absolute atomic E-state index is 5.89. The lowest BCUT2D eigenvalue weighted by Gasteiger charge is -2.41. The summed E-state index contributed by atoms with van der Waals surface area (Å²) in [7, 11) is 0. The first-order chi connectivity index (χ1) is 7.83. The molecule has 1 aromatic heterocycles. The number of hydrogen-bond acceptors (Lipinski definition) is 3. The van der Waals surface area contributed by atoms with E-state index in [9.17, 15) is 0 Å². The molecule has 0 aromatic carbocycles. The third kappa shape index (κ3) is 2.07. The SMILES string of the molecule is Clc1csc(N2CCC3CCCCC3C2)n1. The Bertz CT molecular complexity index is 366. The van der Waals surface area contributed by atoms with Gasteiger partial charge in [0.25, 0.3) is 0 Å². The lowest BCUT2D eigenvalue weighted by molar-refractivity contribution is 0.202. The molecule has 0 N–H and O–H groups in total. The number of nitrogens with zero attached hydrogens (tertiary/aromatic N) is 2. The van der Waals surface area contributed by atoms with Crippen LogP contribution in [-0.2, 0) is 0 Å². The molecular weight excluding hydrogens is 240 g/mol. The second-order valence-corrected chi connectivity index (χ2v) is 6.22. The highest BCUT2D eigenvalue weighted by atomic mass is 35.5. The topological polar surface area (TPSA) is 16.1 Å². The summed E-state index contributed by atoms with van der Waals surface area (Å²) < 4.78 is 0. The third-order valence-corrected chi connectivity index (χ3v) is 5.25. The Labute approximate surface area is 106 Å². The van der Waals surface area contributed by atoms with Crippen molar-refractivity contribution in [1.29, 1.82) is 0 Å². The zero-order valence-corrected chi connectivity index (χ0v) is 10.9. The van der Waals surface area contributed by atoms with E-state index in [1.54, 1.807) is 11.3 Å². The monoisotopic (exact) mass is 256 g/mol. The number of thiazole rings is 1. The first-order valence-electron chi connectivity index (χ1n) is 6.19. The van der Waals surface area contributed by atoms with E-state index in [1.807, 2.05) is 5.38 Å². The Kier molecular flexibility index (Phi) is 3.07. The van der Waals surface area contributed by atoms with Crippen LogP contribution in [0.3, 0.4) is 0 Å². The van der Waals surface area contributed by atoms with Crippen molar-refractivity contribution < 1.29 is 0 Å². The number of anilines is 1. The molecular formula is C12H17ClN2S. The molecule has 2 unspecified atom stereocenters. The molecule has 1 aliphatic carbocycles. The highest BCUT2D eigenvalue weighted by molar-refractivity contribution is 7.14. The molecule has 2 heterocycles. The average Bonchev–Trinajstić information content (AvgIpc) is 2.75. The molecule has 2 atom stereocenters. The van der Waals surface area contributed by atoms with E-state index in [1.165, 1.54) is 45.2 Å². The second-order valence-electron chi connectivity index (χ2n) is 4.99. The predicted octanol–water partition coefficient (Wildman–Crippen LogP) is 3.81. The summed E-state index contributed by atoms with van der Waals surface area (Å²) in [6.07, 6.45) is 7.09. The van der Waals surface area contributed by atoms with Crippen molar-refractivity contribution in [3.63, 3.8) is 0 Å². The van der Waals surface area contributed by atoms with Gasteiger partial charge in [-0.05, 0) is 24.7 Å². The molecule has 2 nitrogen and oxygen atoms in total. The Balaban J connectivity index is 1.70. The van der Waals surface area contributed by atoms with Gasteiger partial charge in [0.05, 0.1) is 0 Å². The van der Waals surface area contributed by atoms with Gasteiger partial charge in [0.2, 0.25) is 0 Å². The van der Waals surface area contributed by atoms with Crippen LogP contribution in [0.1, 0.15) is 32.1 Å². The molecule has 0 radical (unpaired) electrons. The Morgan fingerprint density at radius 3 is 2.81 bits per heavy atom. The lowest BCUT2D eigenvalue weighted by Crippen LogP contribution is -2.41. The van der Waals surface area contributed by atoms with Gasteiger partial charge in [-0.15, -0.1) is 11.3 Å². The van der Waals surface area contributed by atoms with E-state index in [-0.39, 0.29) is 0 Å². The number of fused-ring (bicyclic) bond motifs is 1. The first kappa shape index (κ1) is 10.8. The van der Waals surface area contributed by atoms with Gasteiger partial charge in [-0.1, -0.05) is 30.9 Å². The van der Waals surface area contributed by atoms with Crippen LogP contribution in [0.15, 0.2) is 5.38 Å². The van der Waals surface area contributed by atoms with Gasteiger partial charge in [0, 0.05) is 18.5 Å². The Hall–Kier alpha value is -0.280. The van der Waals surface area contributed by atoms with Crippen LogP contribution >= 0.6 is 22.9 Å².